The molecule has 1 unspecified atom stereocenters. The summed E-state index contributed by atoms with van der Waals surface area (Å²) in [5.74, 6) is -1.30. The van der Waals surface area contributed by atoms with Gasteiger partial charge in [0.1, 0.15) is 5.82 Å². The van der Waals surface area contributed by atoms with Gasteiger partial charge in [0, 0.05) is 30.5 Å². The maximum Gasteiger partial charge on any atom is 0.314 e. The minimum absolute atomic E-state index is 0.148. The largest absolute Gasteiger partial charge is 0.383 e. The Morgan fingerprint density at radius 1 is 1.31 bits per heavy atom. The second kappa shape index (κ2) is 7.91. The molecule has 2 amide bonds. The van der Waals surface area contributed by atoms with Crippen LogP contribution in [0.3, 0.4) is 0 Å². The summed E-state index contributed by atoms with van der Waals surface area (Å²) in [6.07, 6.45) is 0. The van der Waals surface area contributed by atoms with E-state index in [0.29, 0.717) is 17.0 Å². The van der Waals surface area contributed by atoms with Crippen LogP contribution in [0.2, 0.25) is 0 Å². The standard InChI is InChI=1S/C16H22N6O4/c1-8-6-12(19-15(25)14(24)17-9(2)7-26-5)22(21-8)16-18-11(4)10(3)13(23)20-16/h6,9H,7H2,1-5H3,(H,17,24)(H,19,25)(H,18,20,23). The topological polar surface area (TPSA) is 131 Å². The van der Waals surface area contributed by atoms with E-state index in [1.54, 1.807) is 33.8 Å². The molecule has 3 N–H and O–H groups in total. The summed E-state index contributed by atoms with van der Waals surface area (Å²) in [5, 5.41) is 9.20. The van der Waals surface area contributed by atoms with Gasteiger partial charge in [-0.15, -0.1) is 0 Å². The highest BCUT2D eigenvalue weighted by molar-refractivity contribution is 6.39. The number of amides is 2. The van der Waals surface area contributed by atoms with Crippen LogP contribution in [0.5, 0.6) is 0 Å². The van der Waals surface area contributed by atoms with E-state index < -0.39 is 11.8 Å². The lowest BCUT2D eigenvalue weighted by Gasteiger charge is -2.13. The summed E-state index contributed by atoms with van der Waals surface area (Å²) in [4.78, 5) is 42.9. The van der Waals surface area contributed by atoms with E-state index in [4.69, 9.17) is 4.74 Å². The fraction of sp³-hybridized carbons (Fsp3) is 0.438. The summed E-state index contributed by atoms with van der Waals surface area (Å²) in [5.41, 5.74) is 1.31. The van der Waals surface area contributed by atoms with Crippen molar-refractivity contribution in [2.75, 3.05) is 19.0 Å². The van der Waals surface area contributed by atoms with Crippen LogP contribution in [0.15, 0.2) is 10.9 Å². The number of H-pyrrole nitrogens is 1. The van der Waals surface area contributed by atoms with Gasteiger partial charge in [-0.25, -0.2) is 4.98 Å². The van der Waals surface area contributed by atoms with E-state index in [0.717, 1.165) is 0 Å². The predicted molar refractivity (Wildman–Crippen MR) is 94.3 cm³/mol. The molecule has 0 bridgehead atoms. The molecule has 0 radical (unpaired) electrons. The average molecular weight is 362 g/mol. The molecule has 140 valence electrons. The molecule has 0 spiro atoms. The maximum atomic E-state index is 12.1. The monoisotopic (exact) mass is 362 g/mol. The number of anilines is 1. The highest BCUT2D eigenvalue weighted by Crippen LogP contribution is 2.14. The van der Waals surface area contributed by atoms with Gasteiger partial charge in [0.25, 0.3) is 5.56 Å². The van der Waals surface area contributed by atoms with E-state index in [9.17, 15) is 14.4 Å². The Bertz CT molecular complexity index is 885. The Labute approximate surface area is 150 Å². The molecule has 0 saturated carbocycles. The average Bonchev–Trinajstić information content (AvgIpc) is 2.92. The highest BCUT2D eigenvalue weighted by atomic mass is 16.5. The molecule has 26 heavy (non-hydrogen) atoms. The number of hydrogen-bond acceptors (Lipinski definition) is 6. The number of ether oxygens (including phenoxy) is 1. The van der Waals surface area contributed by atoms with Crippen LogP contribution in [0.1, 0.15) is 23.9 Å². The van der Waals surface area contributed by atoms with Crippen LogP contribution in [-0.4, -0.2) is 51.3 Å². The third-order valence-electron chi connectivity index (χ3n) is 3.66. The molecule has 10 heteroatoms. The van der Waals surface area contributed by atoms with Crippen molar-refractivity contribution in [1.82, 2.24) is 25.1 Å². The first-order valence-electron chi connectivity index (χ1n) is 7.98. The molecule has 0 fully saturated rings. The second-order valence-electron chi connectivity index (χ2n) is 5.97. The van der Waals surface area contributed by atoms with E-state index in [-0.39, 0.29) is 30.0 Å². The Balaban J connectivity index is 2.26. The third kappa shape index (κ3) is 4.33. The molecule has 10 nitrogen and oxygen atoms in total. The van der Waals surface area contributed by atoms with Gasteiger partial charge >= 0.3 is 11.8 Å². The van der Waals surface area contributed by atoms with Crippen molar-refractivity contribution in [2.45, 2.75) is 33.7 Å². The first kappa shape index (κ1) is 19.3. The number of rotatable bonds is 5. The second-order valence-corrected chi connectivity index (χ2v) is 5.97. The molecule has 0 aliphatic carbocycles. The summed E-state index contributed by atoms with van der Waals surface area (Å²) in [7, 11) is 1.50. The Hall–Kier alpha value is -3.01. The summed E-state index contributed by atoms with van der Waals surface area (Å²) in [6, 6.07) is 1.25. The van der Waals surface area contributed by atoms with E-state index >= 15 is 0 Å². The van der Waals surface area contributed by atoms with Gasteiger partial charge in [0.05, 0.1) is 12.3 Å². The lowest BCUT2D eigenvalue weighted by molar-refractivity contribution is -0.136. The van der Waals surface area contributed by atoms with Gasteiger partial charge in [-0.3, -0.25) is 19.4 Å². The number of aromatic amines is 1. The van der Waals surface area contributed by atoms with Gasteiger partial charge in [-0.1, -0.05) is 0 Å². The molecule has 0 aliphatic heterocycles. The predicted octanol–water partition coefficient (Wildman–Crippen LogP) is -0.0295. The van der Waals surface area contributed by atoms with Crippen LogP contribution >= 0.6 is 0 Å². The van der Waals surface area contributed by atoms with Gasteiger partial charge in [0.2, 0.25) is 5.95 Å². The molecule has 0 saturated heterocycles. The van der Waals surface area contributed by atoms with Crippen molar-refractivity contribution in [3.63, 3.8) is 0 Å². The van der Waals surface area contributed by atoms with Crippen molar-refractivity contribution in [1.29, 1.82) is 0 Å². The number of methoxy groups -OCH3 is 1. The van der Waals surface area contributed by atoms with E-state index in [2.05, 4.69) is 25.7 Å². The molecule has 1 atom stereocenters. The Morgan fingerprint density at radius 3 is 2.62 bits per heavy atom. The molecule has 2 heterocycles. The Morgan fingerprint density at radius 2 is 2.00 bits per heavy atom. The van der Waals surface area contributed by atoms with Crippen LogP contribution in [0.4, 0.5) is 5.82 Å². The number of aryl methyl sites for hydroxylation is 2. The molecule has 2 aromatic heterocycles. The minimum atomic E-state index is -0.861. The first-order valence-corrected chi connectivity index (χ1v) is 7.98. The zero-order chi connectivity index (χ0) is 19.4. The zero-order valence-corrected chi connectivity index (χ0v) is 15.3. The number of carbonyl (C=O) groups excluding carboxylic acids is 2. The Kier molecular flexibility index (Phi) is 5.88. The van der Waals surface area contributed by atoms with Crippen molar-refractivity contribution in [3.8, 4) is 5.95 Å². The third-order valence-corrected chi connectivity index (χ3v) is 3.66. The number of carbonyl (C=O) groups is 2. The molecular formula is C16H22N6O4. The first-order chi connectivity index (χ1) is 12.2. The number of aromatic nitrogens is 4. The van der Waals surface area contributed by atoms with Crippen LogP contribution in [0, 0.1) is 20.8 Å². The molecule has 0 aliphatic rings. The summed E-state index contributed by atoms with van der Waals surface area (Å²) < 4.78 is 6.18. The van der Waals surface area contributed by atoms with Gasteiger partial charge in [-0.2, -0.15) is 9.78 Å². The molecule has 0 aromatic carbocycles. The van der Waals surface area contributed by atoms with Crippen LogP contribution < -0.4 is 16.2 Å². The van der Waals surface area contributed by atoms with Gasteiger partial charge in [-0.05, 0) is 27.7 Å². The molecule has 2 rings (SSSR count). The van der Waals surface area contributed by atoms with Crippen molar-refractivity contribution in [3.05, 3.63) is 33.4 Å². The van der Waals surface area contributed by atoms with E-state index in [1.165, 1.54) is 11.8 Å². The van der Waals surface area contributed by atoms with Crippen molar-refractivity contribution in [2.24, 2.45) is 0 Å². The van der Waals surface area contributed by atoms with Crippen molar-refractivity contribution >= 4 is 17.6 Å². The number of hydrogen-bond donors (Lipinski definition) is 3. The lowest BCUT2D eigenvalue weighted by Crippen LogP contribution is -2.42. The minimum Gasteiger partial charge on any atom is -0.383 e. The normalized spacial score (nSPS) is 11.9. The van der Waals surface area contributed by atoms with Gasteiger partial charge < -0.3 is 15.4 Å². The maximum absolute atomic E-state index is 12.1. The highest BCUT2D eigenvalue weighted by Gasteiger charge is 2.20. The summed E-state index contributed by atoms with van der Waals surface area (Å²) >= 11 is 0. The van der Waals surface area contributed by atoms with Gasteiger partial charge in [0.15, 0.2) is 0 Å². The fourth-order valence-corrected chi connectivity index (χ4v) is 2.23. The van der Waals surface area contributed by atoms with E-state index in [1.807, 2.05) is 0 Å². The SMILES string of the molecule is COCC(C)NC(=O)C(=O)Nc1cc(C)nn1-c1nc(C)c(C)c(=O)[nH]1. The molecule has 2 aromatic rings. The number of nitrogens with one attached hydrogen (secondary N) is 3. The fourth-order valence-electron chi connectivity index (χ4n) is 2.23. The van der Waals surface area contributed by atoms with Crippen LogP contribution in [0.25, 0.3) is 5.95 Å². The number of nitrogens with zero attached hydrogens (tertiary/aromatic N) is 3. The lowest BCUT2D eigenvalue weighted by atomic mass is 10.3. The smallest absolute Gasteiger partial charge is 0.314 e. The molecular weight excluding hydrogens is 340 g/mol. The van der Waals surface area contributed by atoms with Crippen molar-refractivity contribution < 1.29 is 14.3 Å². The quantitative estimate of drug-likeness (QED) is 0.640. The zero-order valence-electron chi connectivity index (χ0n) is 15.3. The van der Waals surface area contributed by atoms with Crippen LogP contribution in [-0.2, 0) is 14.3 Å². The summed E-state index contributed by atoms with van der Waals surface area (Å²) in [6.45, 7) is 7.07.